The van der Waals surface area contributed by atoms with Gasteiger partial charge in [0.05, 0.1) is 18.2 Å². The highest BCUT2D eigenvalue weighted by Crippen LogP contribution is 2.68. The normalized spacial score (nSPS) is 14.6. The highest BCUT2D eigenvalue weighted by Gasteiger charge is 2.81. The number of fused-ring (bicyclic) bond motifs is 2. The van der Waals surface area contributed by atoms with Crippen LogP contribution in [-0.4, -0.2) is 57.9 Å². The van der Waals surface area contributed by atoms with Crippen molar-refractivity contribution >= 4 is 68.3 Å². The number of hydrogen-bond donors (Lipinski definition) is 3. The van der Waals surface area contributed by atoms with Crippen LogP contribution in [0.2, 0.25) is 0 Å². The molecular weight excluding hydrogens is 1020 g/mol. The number of aromatic nitrogens is 1. The number of phenolic OH excluding ortho intramolecular Hbond substituents is 1. The SMILES string of the molecule is COc1sc(-c2ccncc2)c(C)c1C1=C(c2c(C)sc(-c3ccc(C(=O)Oc4ccc(NC(=O)c5ccc(C(=O)O)c(-c6c7ccc(=O)cc-7oc7cc(O)ccc67)c5)cc4)cc3)c2C)C(F)(F)C(F)(F)C1(F)F. The number of benzene rings is 5. The Morgan fingerprint density at radius 1 is 0.680 bits per heavy atom. The van der Waals surface area contributed by atoms with Crippen LogP contribution in [0.1, 0.15) is 58.2 Å². The summed E-state index contributed by atoms with van der Waals surface area (Å²) >= 11 is 1.79. The van der Waals surface area contributed by atoms with E-state index in [0.29, 0.717) is 37.4 Å². The summed E-state index contributed by atoms with van der Waals surface area (Å²) in [5.41, 5.74) is -2.20. The van der Waals surface area contributed by atoms with E-state index in [1.54, 1.807) is 12.1 Å². The first-order chi connectivity index (χ1) is 35.6. The van der Waals surface area contributed by atoms with Gasteiger partial charge in [0.1, 0.15) is 22.8 Å². The van der Waals surface area contributed by atoms with Gasteiger partial charge < -0.3 is 29.4 Å². The lowest BCUT2D eigenvalue weighted by Crippen LogP contribution is -2.49. The number of thiophene rings is 2. The Labute approximate surface area is 428 Å². The number of carboxylic acids is 1. The van der Waals surface area contributed by atoms with Crippen LogP contribution in [0.3, 0.4) is 0 Å². The third kappa shape index (κ3) is 8.27. The Hall–Kier alpha value is -8.55. The number of alkyl halides is 6. The number of methoxy groups -OCH3 is 1. The zero-order valence-corrected chi connectivity index (χ0v) is 41.0. The number of carboxylic acid groups (broad SMARTS) is 1. The number of carbonyl (C=O) groups excluding carboxylic acids is 2. The van der Waals surface area contributed by atoms with Gasteiger partial charge >= 0.3 is 29.7 Å². The molecule has 0 radical (unpaired) electrons. The Bertz CT molecular complexity index is 3890. The number of amides is 1. The summed E-state index contributed by atoms with van der Waals surface area (Å²) in [7, 11) is 1.15. The van der Waals surface area contributed by atoms with Gasteiger partial charge in [0.15, 0.2) is 10.5 Å². The topological polar surface area (TPSA) is 165 Å². The lowest BCUT2D eigenvalue weighted by Gasteiger charge is -2.26. The summed E-state index contributed by atoms with van der Waals surface area (Å²) in [5, 5.41) is 23.3. The van der Waals surface area contributed by atoms with E-state index in [2.05, 4.69) is 10.3 Å². The number of nitrogens with zero attached hydrogens (tertiary/aromatic N) is 1. The number of pyridine rings is 1. The van der Waals surface area contributed by atoms with E-state index < -0.39 is 57.9 Å². The van der Waals surface area contributed by atoms with E-state index in [0.717, 1.165) is 29.8 Å². The maximum absolute atomic E-state index is 16.2. The fourth-order valence-corrected chi connectivity index (χ4v) is 11.7. The van der Waals surface area contributed by atoms with Crippen LogP contribution in [0.15, 0.2) is 137 Å². The number of aryl methyl sites for hydroxylation is 1. The predicted molar refractivity (Wildman–Crippen MR) is 272 cm³/mol. The number of hydrogen-bond acceptors (Lipinski definition) is 11. The first kappa shape index (κ1) is 50.0. The van der Waals surface area contributed by atoms with Gasteiger partial charge in [-0.25, -0.2) is 9.59 Å². The van der Waals surface area contributed by atoms with Crippen LogP contribution >= 0.6 is 22.7 Å². The Kier molecular flexibility index (Phi) is 12.3. The van der Waals surface area contributed by atoms with Crippen LogP contribution in [0.4, 0.5) is 32.0 Å². The van der Waals surface area contributed by atoms with E-state index in [1.165, 1.54) is 136 Å². The lowest BCUT2D eigenvalue weighted by atomic mass is 9.89. The minimum absolute atomic E-state index is 0.0381. The van der Waals surface area contributed by atoms with E-state index in [4.69, 9.17) is 13.9 Å². The van der Waals surface area contributed by atoms with Crippen molar-refractivity contribution in [3.63, 3.8) is 0 Å². The van der Waals surface area contributed by atoms with E-state index in [9.17, 15) is 29.4 Å². The molecule has 10 rings (SSSR count). The van der Waals surface area contributed by atoms with Gasteiger partial charge in [0.2, 0.25) is 0 Å². The van der Waals surface area contributed by atoms with Gasteiger partial charge in [0, 0.05) is 89.2 Å². The molecule has 7 aromatic rings. The predicted octanol–water partition coefficient (Wildman–Crippen LogP) is 14.1. The zero-order valence-electron chi connectivity index (χ0n) is 39.4. The van der Waals surface area contributed by atoms with Gasteiger partial charge in [-0.05, 0) is 140 Å². The summed E-state index contributed by atoms with van der Waals surface area (Å²) in [4.78, 5) is 56.5. The number of rotatable bonds is 11. The molecule has 0 saturated carbocycles. The molecular formula is C56H36F6N2O9S2. The molecule has 1 amide bonds. The number of anilines is 1. The number of nitrogens with one attached hydrogen (secondary N) is 1. The number of esters is 1. The molecule has 2 aliphatic carbocycles. The second-order valence-electron chi connectivity index (χ2n) is 17.4. The number of aromatic carboxylic acids is 1. The Balaban J connectivity index is 0.893. The molecule has 19 heteroatoms. The summed E-state index contributed by atoms with van der Waals surface area (Å²) in [6, 6.07) is 26.9. The fourth-order valence-electron chi connectivity index (χ4n) is 9.35. The van der Waals surface area contributed by atoms with Crippen LogP contribution in [-0.2, 0) is 0 Å². The molecule has 1 aliphatic heterocycles. The molecule has 3 aromatic heterocycles. The van der Waals surface area contributed by atoms with Crippen molar-refractivity contribution in [3.8, 4) is 59.9 Å². The first-order valence-electron chi connectivity index (χ1n) is 22.5. The van der Waals surface area contributed by atoms with Crippen molar-refractivity contribution in [2.45, 2.75) is 38.5 Å². The van der Waals surface area contributed by atoms with Crippen LogP contribution in [0.5, 0.6) is 16.6 Å². The molecule has 3 N–H and O–H groups in total. The Morgan fingerprint density at radius 3 is 1.97 bits per heavy atom. The summed E-state index contributed by atoms with van der Waals surface area (Å²) in [5.74, 6) is -19.1. The lowest BCUT2D eigenvalue weighted by molar-refractivity contribution is -0.254. The molecule has 0 fully saturated rings. The number of phenols is 1. The molecule has 378 valence electrons. The second-order valence-corrected chi connectivity index (χ2v) is 19.7. The van der Waals surface area contributed by atoms with Crippen molar-refractivity contribution in [1.29, 1.82) is 0 Å². The highest BCUT2D eigenvalue weighted by molar-refractivity contribution is 7.18. The molecule has 11 nitrogen and oxygen atoms in total. The minimum Gasteiger partial charge on any atom is -0.508 e. The van der Waals surface area contributed by atoms with Crippen molar-refractivity contribution < 1.29 is 64.8 Å². The average molecular weight is 1060 g/mol. The average Bonchev–Trinajstić information content (AvgIpc) is 3.93. The number of aromatic hydroxyl groups is 1. The Morgan fingerprint density at radius 2 is 1.31 bits per heavy atom. The van der Waals surface area contributed by atoms with Gasteiger partial charge in [-0.2, -0.15) is 26.3 Å². The largest absolute Gasteiger partial charge is 0.508 e. The molecule has 75 heavy (non-hydrogen) atoms. The van der Waals surface area contributed by atoms with Crippen LogP contribution in [0, 0.1) is 20.8 Å². The number of carbonyl (C=O) groups is 3. The number of ether oxygens (including phenoxy) is 2. The third-order valence-electron chi connectivity index (χ3n) is 12.9. The van der Waals surface area contributed by atoms with Crippen molar-refractivity contribution in [1.82, 2.24) is 4.98 Å². The number of halogens is 6. The van der Waals surface area contributed by atoms with Crippen molar-refractivity contribution in [2.75, 3.05) is 12.4 Å². The van der Waals surface area contributed by atoms with Gasteiger partial charge in [-0.15, -0.1) is 11.3 Å². The third-order valence-corrected chi connectivity index (χ3v) is 15.5. The summed E-state index contributed by atoms with van der Waals surface area (Å²) in [6.07, 6.45) is 2.89. The van der Waals surface area contributed by atoms with Gasteiger partial charge in [0.25, 0.3) is 5.91 Å². The molecule has 0 unspecified atom stereocenters. The molecule has 0 bridgehead atoms. The van der Waals surface area contributed by atoms with Crippen LogP contribution < -0.4 is 20.2 Å². The molecule has 4 heterocycles. The fraction of sp³-hybridized carbons (Fsp3) is 0.125. The summed E-state index contributed by atoms with van der Waals surface area (Å²) in [6.45, 7) is 4.16. The van der Waals surface area contributed by atoms with Gasteiger partial charge in [-0.1, -0.05) is 23.5 Å². The van der Waals surface area contributed by atoms with Gasteiger partial charge in [-0.3, -0.25) is 14.6 Å². The first-order valence-corrected chi connectivity index (χ1v) is 24.1. The summed E-state index contributed by atoms with van der Waals surface area (Å²) < 4.78 is 113. The highest BCUT2D eigenvalue weighted by atomic mass is 32.1. The standard InChI is InChI=1S/C56H36F6N2O9S2/c1-26-43(46-47(55(59,60)56(61,62)54(46,57)58)44-27(2)49(75-53(44)71-4)30-19-21-63-22-20-30)28(3)74-48(26)29-5-7-31(8-6-29)52(70)72-36-14-10-33(11-15-36)64-50(67)32-9-16-37(51(68)69)40(23-32)45-38-17-12-34(65)24-41(38)73-42-25-35(66)13-18-39(42)45/h5-25,65H,1-4H3,(H,64,67)(H,68,69). The van der Waals surface area contributed by atoms with E-state index in [1.807, 2.05) is 0 Å². The number of allylic oxidation sites excluding steroid dienone is 2. The molecule has 0 saturated heterocycles. The second kappa shape index (κ2) is 18.4. The molecule has 3 aliphatic rings. The molecule has 4 aromatic carbocycles. The van der Waals surface area contributed by atoms with Crippen molar-refractivity contribution in [3.05, 3.63) is 182 Å². The zero-order chi connectivity index (χ0) is 53.5. The molecule has 0 atom stereocenters. The molecule has 0 spiro atoms. The smallest absolute Gasteiger partial charge is 0.380 e. The minimum atomic E-state index is -5.81. The maximum Gasteiger partial charge on any atom is 0.380 e. The quantitative estimate of drug-likeness (QED) is 0.0491. The maximum atomic E-state index is 16.2. The van der Waals surface area contributed by atoms with E-state index in [-0.39, 0.29) is 77.3 Å². The van der Waals surface area contributed by atoms with Crippen molar-refractivity contribution in [2.24, 2.45) is 0 Å². The van der Waals surface area contributed by atoms with E-state index >= 15 is 26.3 Å². The monoisotopic (exact) mass is 1060 g/mol. The van der Waals surface area contributed by atoms with Crippen LogP contribution in [0.25, 0.3) is 65.4 Å².